The van der Waals surface area contributed by atoms with E-state index < -0.39 is 42.3 Å². The fraction of sp³-hybridized carbons (Fsp3) is 0.444. The third-order valence-electron chi connectivity index (χ3n) is 2.35. The molecule has 5 N–H and O–H groups in total. The van der Waals surface area contributed by atoms with Crippen LogP contribution in [-0.4, -0.2) is 55.3 Å². The number of aliphatic hydroxyl groups excluding tert-OH is 3. The Morgan fingerprint density at radius 3 is 2.32 bits per heavy atom. The Balaban J connectivity index is 3.04. The molecule has 0 aromatic carbocycles. The highest BCUT2D eigenvalue weighted by atomic mass is 35.5. The van der Waals surface area contributed by atoms with Gasteiger partial charge in [-0.2, -0.15) is 0 Å². The van der Waals surface area contributed by atoms with Crippen LogP contribution in [0.4, 0.5) is 0 Å². The van der Waals surface area contributed by atoms with E-state index in [0.717, 1.165) is 11.3 Å². The van der Waals surface area contributed by atoms with Crippen LogP contribution in [0.1, 0.15) is 9.67 Å². The Morgan fingerprint density at radius 1 is 1.37 bits per heavy atom. The minimum absolute atomic E-state index is 0.120. The quantitative estimate of drug-likeness (QED) is 0.445. The Hall–Kier alpha value is -0.550. The van der Waals surface area contributed by atoms with E-state index in [0.29, 0.717) is 0 Å². The first-order valence-electron chi connectivity index (χ1n) is 4.94. The van der Waals surface area contributed by atoms with Gasteiger partial charge in [0.25, 0.3) is 5.91 Å². The van der Waals surface area contributed by atoms with Crippen LogP contribution in [0.15, 0.2) is 11.0 Å². The van der Waals surface area contributed by atoms with Crippen LogP contribution in [0.25, 0.3) is 0 Å². The lowest BCUT2D eigenvalue weighted by molar-refractivity contribution is 0.0376. The van der Waals surface area contributed by atoms with Crippen molar-refractivity contribution in [3.05, 3.63) is 15.3 Å². The predicted octanol–water partition coefficient (Wildman–Crippen LogP) is -0.572. The SMILES string of the molecule is O=C(NC(CO)(CO)CO)c1sc(Cl)cc1S(=O)O. The van der Waals surface area contributed by atoms with Crippen molar-refractivity contribution in [2.75, 3.05) is 19.8 Å². The van der Waals surface area contributed by atoms with Gasteiger partial charge >= 0.3 is 0 Å². The summed E-state index contributed by atoms with van der Waals surface area (Å²) in [5, 5.41) is 29.5. The molecule has 1 heterocycles. The number of halogens is 1. The molecular formula is C9H12ClNO6S2. The number of hydrogen-bond donors (Lipinski definition) is 5. The number of hydrogen-bond acceptors (Lipinski definition) is 6. The van der Waals surface area contributed by atoms with E-state index in [1.807, 2.05) is 0 Å². The van der Waals surface area contributed by atoms with Crippen molar-refractivity contribution in [3.8, 4) is 0 Å². The van der Waals surface area contributed by atoms with Crippen molar-refractivity contribution in [2.24, 2.45) is 0 Å². The third-order valence-corrected chi connectivity index (χ3v) is 4.44. The van der Waals surface area contributed by atoms with E-state index >= 15 is 0 Å². The normalized spacial score (nSPS) is 13.3. The van der Waals surface area contributed by atoms with E-state index in [9.17, 15) is 9.00 Å². The molecule has 19 heavy (non-hydrogen) atoms. The first-order chi connectivity index (χ1) is 8.89. The minimum Gasteiger partial charge on any atom is -0.394 e. The van der Waals surface area contributed by atoms with Gasteiger partial charge in [-0.15, -0.1) is 11.3 Å². The number of nitrogens with one attached hydrogen (secondary N) is 1. The van der Waals surface area contributed by atoms with Crippen LogP contribution < -0.4 is 5.32 Å². The fourth-order valence-electron chi connectivity index (χ4n) is 1.20. The maximum Gasteiger partial charge on any atom is 0.263 e. The zero-order chi connectivity index (χ0) is 14.6. The molecule has 108 valence electrons. The van der Waals surface area contributed by atoms with E-state index in [2.05, 4.69) is 5.32 Å². The monoisotopic (exact) mass is 329 g/mol. The molecule has 0 saturated heterocycles. The number of carbonyl (C=O) groups excluding carboxylic acids is 1. The average Bonchev–Trinajstić information content (AvgIpc) is 2.78. The smallest absolute Gasteiger partial charge is 0.263 e. The Bertz CT molecular complexity index is 479. The third kappa shape index (κ3) is 3.72. The molecule has 10 heteroatoms. The minimum atomic E-state index is -2.40. The summed E-state index contributed by atoms with van der Waals surface area (Å²) in [6.45, 7) is -2.08. The van der Waals surface area contributed by atoms with Crippen LogP contribution in [0.2, 0.25) is 4.34 Å². The van der Waals surface area contributed by atoms with Crippen molar-refractivity contribution in [1.29, 1.82) is 0 Å². The second-order valence-electron chi connectivity index (χ2n) is 3.70. The average molecular weight is 330 g/mol. The highest BCUT2D eigenvalue weighted by Crippen LogP contribution is 2.29. The molecule has 0 spiro atoms. The summed E-state index contributed by atoms with van der Waals surface area (Å²) in [6.07, 6.45) is 0. The summed E-state index contributed by atoms with van der Waals surface area (Å²) in [5.74, 6) is -0.813. The van der Waals surface area contributed by atoms with Gasteiger partial charge in [0.2, 0.25) is 0 Å². The van der Waals surface area contributed by atoms with E-state index in [4.69, 9.17) is 31.5 Å². The van der Waals surface area contributed by atoms with Crippen LogP contribution in [0.3, 0.4) is 0 Å². The summed E-state index contributed by atoms with van der Waals surface area (Å²) in [6, 6.07) is 1.18. The Morgan fingerprint density at radius 2 is 1.89 bits per heavy atom. The Labute approximate surface area is 120 Å². The predicted molar refractivity (Wildman–Crippen MR) is 69.8 cm³/mol. The molecule has 0 radical (unpaired) electrons. The largest absolute Gasteiger partial charge is 0.394 e. The molecule has 0 aliphatic heterocycles. The first-order valence-corrected chi connectivity index (χ1v) is 7.24. The number of thiophene rings is 1. The maximum absolute atomic E-state index is 11.9. The van der Waals surface area contributed by atoms with Gasteiger partial charge in [0, 0.05) is 0 Å². The molecule has 0 aliphatic rings. The molecule has 1 unspecified atom stereocenters. The molecule has 0 fully saturated rings. The van der Waals surface area contributed by atoms with Gasteiger partial charge in [-0.25, -0.2) is 4.21 Å². The van der Waals surface area contributed by atoms with E-state index in [1.54, 1.807) is 0 Å². The molecule has 1 rings (SSSR count). The zero-order valence-electron chi connectivity index (χ0n) is 9.50. The highest BCUT2D eigenvalue weighted by Gasteiger charge is 2.32. The molecular weight excluding hydrogens is 318 g/mol. The van der Waals surface area contributed by atoms with Gasteiger partial charge < -0.3 is 25.2 Å². The van der Waals surface area contributed by atoms with E-state index in [1.165, 1.54) is 6.07 Å². The lowest BCUT2D eigenvalue weighted by Gasteiger charge is -2.28. The van der Waals surface area contributed by atoms with Crippen molar-refractivity contribution in [1.82, 2.24) is 5.32 Å². The topological polar surface area (TPSA) is 127 Å². The van der Waals surface area contributed by atoms with Crippen molar-refractivity contribution < 1.29 is 28.9 Å². The summed E-state index contributed by atoms with van der Waals surface area (Å²) >= 11 is 4.05. The molecule has 1 amide bonds. The van der Waals surface area contributed by atoms with Crippen LogP contribution in [0, 0.1) is 0 Å². The maximum atomic E-state index is 11.9. The van der Waals surface area contributed by atoms with Gasteiger partial charge in [-0.1, -0.05) is 11.6 Å². The molecule has 7 nitrogen and oxygen atoms in total. The molecule has 1 aromatic rings. The van der Waals surface area contributed by atoms with E-state index in [-0.39, 0.29) is 14.1 Å². The molecule has 0 bridgehead atoms. The number of aliphatic hydroxyl groups is 3. The molecule has 1 aromatic heterocycles. The second kappa shape index (κ2) is 6.75. The number of amides is 1. The Kier molecular flexibility index (Phi) is 5.86. The molecule has 1 atom stereocenters. The van der Waals surface area contributed by atoms with Gasteiger partial charge in [-0.05, 0) is 6.07 Å². The highest BCUT2D eigenvalue weighted by molar-refractivity contribution is 7.79. The standard InChI is InChI=1S/C9H12ClNO6S2/c10-6-1-5(19(16)17)7(18-6)8(15)11-9(2-12,3-13)4-14/h1,12-14H,2-4H2,(H,11,15)(H,16,17). The summed E-state index contributed by atoms with van der Waals surface area (Å²) in [5.41, 5.74) is -1.61. The van der Waals surface area contributed by atoms with Gasteiger partial charge in [0.15, 0.2) is 11.1 Å². The van der Waals surface area contributed by atoms with Crippen LogP contribution >= 0.6 is 22.9 Å². The lowest BCUT2D eigenvalue weighted by atomic mass is 10.0. The van der Waals surface area contributed by atoms with Crippen molar-refractivity contribution >= 4 is 39.9 Å². The molecule has 0 aliphatic carbocycles. The zero-order valence-corrected chi connectivity index (χ0v) is 11.9. The van der Waals surface area contributed by atoms with Crippen molar-refractivity contribution in [3.63, 3.8) is 0 Å². The van der Waals surface area contributed by atoms with Gasteiger partial charge in [0.1, 0.15) is 10.4 Å². The summed E-state index contributed by atoms with van der Waals surface area (Å²) in [4.78, 5) is 11.6. The summed E-state index contributed by atoms with van der Waals surface area (Å²) in [7, 11) is 0. The van der Waals surface area contributed by atoms with Crippen molar-refractivity contribution in [2.45, 2.75) is 10.4 Å². The van der Waals surface area contributed by atoms with Crippen LogP contribution in [-0.2, 0) is 11.1 Å². The summed E-state index contributed by atoms with van der Waals surface area (Å²) < 4.78 is 20.2. The number of rotatable bonds is 6. The fourth-order valence-corrected chi connectivity index (χ4v) is 3.16. The second-order valence-corrected chi connectivity index (χ2v) is 6.32. The number of carbonyl (C=O) groups is 1. The first kappa shape index (κ1) is 16.5. The van der Waals surface area contributed by atoms with Gasteiger partial charge in [0.05, 0.1) is 29.1 Å². The van der Waals surface area contributed by atoms with Crippen LogP contribution in [0.5, 0.6) is 0 Å². The lowest BCUT2D eigenvalue weighted by Crippen LogP contribution is -2.57. The molecule has 0 saturated carbocycles. The van der Waals surface area contributed by atoms with Gasteiger partial charge in [-0.3, -0.25) is 4.79 Å².